The molecule has 0 radical (unpaired) electrons. The minimum Gasteiger partial charge on any atom is -0.300 e. The van der Waals surface area contributed by atoms with E-state index in [1.165, 1.54) is 0 Å². The minimum atomic E-state index is -4.46. The monoisotopic (exact) mass is 365 g/mol. The number of alkyl halides is 3. The summed E-state index contributed by atoms with van der Waals surface area (Å²) in [4.78, 5) is 3.64. The number of anilines is 2. The second-order valence-corrected chi connectivity index (χ2v) is 5.13. The van der Waals surface area contributed by atoms with E-state index < -0.39 is 11.7 Å². The summed E-state index contributed by atoms with van der Waals surface area (Å²) in [6.45, 7) is 0. The number of hydrogen-bond acceptors (Lipinski definition) is 3. The summed E-state index contributed by atoms with van der Waals surface area (Å²) in [5.74, 6) is 0.114. The molecule has 0 aliphatic heterocycles. The number of nitrogens with one attached hydrogen (secondary N) is 2. The van der Waals surface area contributed by atoms with Crippen LogP contribution in [0.15, 0.2) is 41.0 Å². The van der Waals surface area contributed by atoms with Crippen molar-refractivity contribution in [3.63, 3.8) is 0 Å². The molecule has 0 fully saturated rings. The Balaban J connectivity index is 2.08. The molecule has 0 amide bonds. The van der Waals surface area contributed by atoms with Crippen molar-refractivity contribution in [3.05, 3.63) is 51.6 Å². The van der Waals surface area contributed by atoms with Gasteiger partial charge in [0, 0.05) is 10.7 Å². The molecule has 0 bridgehead atoms. The van der Waals surface area contributed by atoms with Crippen LogP contribution in [0.5, 0.6) is 0 Å². The van der Waals surface area contributed by atoms with Crippen LogP contribution in [-0.4, -0.2) is 4.98 Å². The third-order valence-electron chi connectivity index (χ3n) is 2.34. The van der Waals surface area contributed by atoms with Crippen molar-refractivity contribution in [2.75, 3.05) is 10.9 Å². The van der Waals surface area contributed by atoms with Gasteiger partial charge in [-0.15, -0.1) is 0 Å². The van der Waals surface area contributed by atoms with Gasteiger partial charge >= 0.3 is 6.18 Å². The highest BCUT2D eigenvalue weighted by Gasteiger charge is 2.31. The van der Waals surface area contributed by atoms with Crippen molar-refractivity contribution in [2.45, 2.75) is 6.18 Å². The maximum Gasteiger partial charge on any atom is 0.417 e. The maximum atomic E-state index is 12.4. The van der Waals surface area contributed by atoms with Crippen molar-refractivity contribution in [1.82, 2.24) is 4.98 Å². The Morgan fingerprint density at radius 1 is 1.10 bits per heavy atom. The van der Waals surface area contributed by atoms with Crippen molar-refractivity contribution < 1.29 is 13.2 Å². The Labute approximate surface area is 126 Å². The predicted molar refractivity (Wildman–Crippen MR) is 75.6 cm³/mol. The van der Waals surface area contributed by atoms with E-state index in [4.69, 9.17) is 11.6 Å². The molecular formula is C12H8BrClF3N3. The lowest BCUT2D eigenvalue weighted by Crippen LogP contribution is -2.12. The summed E-state index contributed by atoms with van der Waals surface area (Å²) in [5.41, 5.74) is 5.26. The Bertz CT molecular complexity index is 602. The number of rotatable bonds is 3. The zero-order chi connectivity index (χ0) is 14.8. The zero-order valence-corrected chi connectivity index (χ0v) is 12.1. The van der Waals surface area contributed by atoms with Gasteiger partial charge in [-0.05, 0) is 30.3 Å². The van der Waals surface area contributed by atoms with E-state index in [-0.39, 0.29) is 10.8 Å². The lowest BCUT2D eigenvalue weighted by Gasteiger charge is -2.12. The van der Waals surface area contributed by atoms with Crippen molar-refractivity contribution >= 4 is 39.0 Å². The van der Waals surface area contributed by atoms with Gasteiger partial charge in [0.2, 0.25) is 0 Å². The van der Waals surface area contributed by atoms with Gasteiger partial charge < -0.3 is 0 Å². The van der Waals surface area contributed by atoms with Crippen molar-refractivity contribution in [2.24, 2.45) is 0 Å². The molecule has 2 N–H and O–H groups in total. The molecule has 106 valence electrons. The molecule has 0 spiro atoms. The first-order chi connectivity index (χ1) is 9.36. The average molecular weight is 367 g/mol. The summed E-state index contributed by atoms with van der Waals surface area (Å²) >= 11 is 9.05. The van der Waals surface area contributed by atoms with Gasteiger partial charge in [-0.25, -0.2) is 4.98 Å². The normalized spacial score (nSPS) is 11.2. The van der Waals surface area contributed by atoms with E-state index in [0.717, 1.165) is 16.7 Å². The molecule has 20 heavy (non-hydrogen) atoms. The molecule has 1 aromatic carbocycles. The number of halogens is 5. The van der Waals surface area contributed by atoms with Crippen LogP contribution in [0.3, 0.4) is 0 Å². The smallest absolute Gasteiger partial charge is 0.300 e. The van der Waals surface area contributed by atoms with Gasteiger partial charge in [0.05, 0.1) is 16.3 Å². The predicted octanol–water partition coefficient (Wildman–Crippen LogP) is 4.96. The van der Waals surface area contributed by atoms with Crippen LogP contribution in [0.4, 0.5) is 24.7 Å². The van der Waals surface area contributed by atoms with E-state index in [1.54, 1.807) is 12.1 Å². The second kappa shape index (κ2) is 5.88. The van der Waals surface area contributed by atoms with Crippen LogP contribution >= 0.6 is 27.5 Å². The van der Waals surface area contributed by atoms with Crippen molar-refractivity contribution in [1.29, 1.82) is 0 Å². The summed E-state index contributed by atoms with van der Waals surface area (Å²) in [6, 6.07) is 7.99. The van der Waals surface area contributed by atoms with E-state index in [0.29, 0.717) is 5.69 Å². The molecule has 1 aromatic heterocycles. The van der Waals surface area contributed by atoms with Crippen LogP contribution < -0.4 is 10.9 Å². The van der Waals surface area contributed by atoms with Crippen molar-refractivity contribution in [3.8, 4) is 0 Å². The molecule has 2 aromatic rings. The van der Waals surface area contributed by atoms with Gasteiger partial charge in [0.25, 0.3) is 0 Å². The zero-order valence-electron chi connectivity index (χ0n) is 9.80. The maximum absolute atomic E-state index is 12.4. The number of nitrogens with zero attached hydrogens (tertiary/aromatic N) is 1. The Morgan fingerprint density at radius 3 is 2.30 bits per heavy atom. The average Bonchev–Trinajstić information content (AvgIpc) is 2.38. The number of pyridine rings is 1. The first-order valence-electron chi connectivity index (χ1n) is 5.36. The Morgan fingerprint density at radius 2 is 1.75 bits per heavy atom. The number of hydrogen-bond donors (Lipinski definition) is 2. The number of benzene rings is 1. The lowest BCUT2D eigenvalue weighted by atomic mass is 10.3. The van der Waals surface area contributed by atoms with Crippen LogP contribution in [-0.2, 0) is 6.18 Å². The van der Waals surface area contributed by atoms with Crippen LogP contribution in [0, 0.1) is 0 Å². The molecule has 2 rings (SSSR count). The first-order valence-corrected chi connectivity index (χ1v) is 6.54. The highest BCUT2D eigenvalue weighted by molar-refractivity contribution is 9.10. The lowest BCUT2D eigenvalue weighted by molar-refractivity contribution is -0.137. The molecule has 0 saturated carbocycles. The van der Waals surface area contributed by atoms with Gasteiger partial charge in [-0.3, -0.25) is 10.9 Å². The number of aromatic nitrogens is 1. The SMILES string of the molecule is FC(F)(F)c1cnc(NNc2ccc(Br)cc2)c(Cl)c1. The fourth-order valence-electron chi connectivity index (χ4n) is 1.35. The molecule has 1 heterocycles. The first kappa shape index (κ1) is 14.9. The third kappa shape index (κ3) is 3.77. The van der Waals surface area contributed by atoms with Gasteiger partial charge in [-0.2, -0.15) is 13.2 Å². The van der Waals surface area contributed by atoms with E-state index in [9.17, 15) is 13.2 Å². The summed E-state index contributed by atoms with van der Waals surface area (Å²) in [6.07, 6.45) is -3.74. The van der Waals surface area contributed by atoms with Crippen LogP contribution in [0.1, 0.15) is 5.56 Å². The highest BCUT2D eigenvalue weighted by Crippen LogP contribution is 2.32. The van der Waals surface area contributed by atoms with Gasteiger partial charge in [-0.1, -0.05) is 27.5 Å². The summed E-state index contributed by atoms with van der Waals surface area (Å²) in [5, 5.41) is -0.121. The Hall–Kier alpha value is -1.47. The molecule has 3 nitrogen and oxygen atoms in total. The summed E-state index contributed by atoms with van der Waals surface area (Å²) < 4.78 is 38.3. The fourth-order valence-corrected chi connectivity index (χ4v) is 1.83. The number of hydrazine groups is 1. The summed E-state index contributed by atoms with van der Waals surface area (Å²) in [7, 11) is 0. The third-order valence-corrected chi connectivity index (χ3v) is 3.15. The quantitative estimate of drug-likeness (QED) is 0.754. The molecular weight excluding hydrogens is 359 g/mol. The van der Waals surface area contributed by atoms with E-state index in [1.807, 2.05) is 12.1 Å². The van der Waals surface area contributed by atoms with E-state index >= 15 is 0 Å². The molecule has 0 saturated heterocycles. The second-order valence-electron chi connectivity index (χ2n) is 3.81. The molecule has 0 aliphatic rings. The van der Waals surface area contributed by atoms with Gasteiger partial charge in [0.1, 0.15) is 0 Å². The molecule has 0 aliphatic carbocycles. The van der Waals surface area contributed by atoms with E-state index in [2.05, 4.69) is 31.8 Å². The molecule has 0 atom stereocenters. The Kier molecular flexibility index (Phi) is 4.39. The minimum absolute atomic E-state index is 0.114. The fraction of sp³-hybridized carbons (Fsp3) is 0.0833. The molecule has 0 unspecified atom stereocenters. The highest BCUT2D eigenvalue weighted by atomic mass is 79.9. The van der Waals surface area contributed by atoms with Gasteiger partial charge in [0.15, 0.2) is 5.82 Å². The van der Waals surface area contributed by atoms with Crippen LogP contribution in [0.25, 0.3) is 0 Å². The van der Waals surface area contributed by atoms with Crippen LogP contribution in [0.2, 0.25) is 5.02 Å². The largest absolute Gasteiger partial charge is 0.417 e. The standard InChI is InChI=1S/C12H8BrClF3N3/c13-8-1-3-9(4-2-8)19-20-11-10(14)5-7(6-18-11)12(15,16)17/h1-6,19H,(H,18,20). The molecule has 8 heteroatoms. The topological polar surface area (TPSA) is 37.0 Å².